The average Bonchev–Trinajstić information content (AvgIpc) is 3.20. The third-order valence-corrected chi connectivity index (χ3v) is 6.77. The van der Waals surface area contributed by atoms with Crippen molar-refractivity contribution in [3.05, 3.63) is 65.2 Å². The summed E-state index contributed by atoms with van der Waals surface area (Å²) in [4.78, 5) is 0. The molecule has 3 aromatic carbocycles. The Morgan fingerprint density at radius 3 is 2.23 bits per heavy atom. The number of benzene rings is 3. The molecule has 0 bridgehead atoms. The van der Waals surface area contributed by atoms with Crippen molar-refractivity contribution in [2.75, 3.05) is 6.54 Å². The Bertz CT molecular complexity index is 1190. The first-order chi connectivity index (χ1) is 14.5. The van der Waals surface area contributed by atoms with Crippen LogP contribution in [-0.2, 0) is 18.3 Å². The summed E-state index contributed by atoms with van der Waals surface area (Å²) in [5.41, 5.74) is 10.1. The van der Waals surface area contributed by atoms with E-state index in [4.69, 9.17) is 0 Å². The van der Waals surface area contributed by atoms with E-state index in [2.05, 4.69) is 80.8 Å². The fourth-order valence-electron chi connectivity index (χ4n) is 5.06. The lowest BCUT2D eigenvalue weighted by molar-refractivity contribution is -0.434. The van der Waals surface area contributed by atoms with Crippen molar-refractivity contribution in [3.63, 3.8) is 0 Å². The molecule has 0 saturated heterocycles. The Kier molecular flexibility index (Phi) is 5.23. The van der Waals surface area contributed by atoms with Gasteiger partial charge in [-0.3, -0.25) is 0 Å². The molecule has 0 unspecified atom stereocenters. The fourth-order valence-corrected chi connectivity index (χ4v) is 5.06. The zero-order valence-corrected chi connectivity index (χ0v) is 18.3. The van der Waals surface area contributed by atoms with Crippen molar-refractivity contribution in [1.82, 2.24) is 0 Å². The molecule has 0 atom stereocenters. The first-order valence-corrected chi connectivity index (χ1v) is 10.7. The molecule has 3 aromatic rings. The van der Waals surface area contributed by atoms with Crippen LogP contribution in [0.1, 0.15) is 44.4 Å². The van der Waals surface area contributed by atoms with Gasteiger partial charge in [-0.15, -0.1) is 0 Å². The fraction of sp³-hybridized carbons (Fsp3) is 0.320. The van der Waals surface area contributed by atoms with Crippen LogP contribution in [0.5, 0.6) is 0 Å². The molecule has 1 nitrogen and oxygen atoms in total. The third-order valence-electron chi connectivity index (χ3n) is 6.77. The summed E-state index contributed by atoms with van der Waals surface area (Å²) in [5, 5.41) is 2.92. The smallest absolute Gasteiger partial charge is 0.418 e. The van der Waals surface area contributed by atoms with Gasteiger partial charge in [-0.1, -0.05) is 30.3 Å². The lowest BCUT2D eigenvalue weighted by Gasteiger charge is -2.16. The molecule has 1 aliphatic heterocycles. The number of rotatable bonds is 2. The van der Waals surface area contributed by atoms with Crippen LogP contribution in [0.4, 0.5) is 23.0 Å². The highest BCUT2D eigenvalue weighted by molar-refractivity contribution is 6.50. The molecule has 1 heterocycles. The average molecular weight is 427 g/mol. The number of hydrogen-bond donors (Lipinski definition) is 0. The normalized spacial score (nSPS) is 16.4. The van der Waals surface area contributed by atoms with Crippen LogP contribution in [0.3, 0.4) is 0 Å². The van der Waals surface area contributed by atoms with Gasteiger partial charge in [0.15, 0.2) is 5.71 Å². The topological polar surface area (TPSA) is 3.01 Å². The first kappa shape index (κ1) is 21.6. The van der Waals surface area contributed by atoms with Gasteiger partial charge in [0.1, 0.15) is 6.54 Å². The molecule has 162 valence electrons. The lowest BCUT2D eigenvalue weighted by atomic mass is 9.81. The Morgan fingerprint density at radius 2 is 1.58 bits per heavy atom. The first-order valence-electron chi connectivity index (χ1n) is 10.7. The van der Waals surface area contributed by atoms with Crippen molar-refractivity contribution >= 4 is 29.4 Å². The number of aryl methyl sites for hydroxylation is 2. The van der Waals surface area contributed by atoms with E-state index in [1.807, 2.05) is 0 Å². The predicted molar refractivity (Wildman–Crippen MR) is 121 cm³/mol. The number of fused-ring (bicyclic) bond motifs is 1. The number of nitrogens with zero attached hydrogens (tertiary/aromatic N) is 1. The van der Waals surface area contributed by atoms with Gasteiger partial charge in [0.25, 0.3) is 0 Å². The molecule has 0 aromatic heterocycles. The van der Waals surface area contributed by atoms with E-state index in [9.17, 15) is 17.3 Å². The molecule has 0 N–H and O–H groups in total. The SMILES string of the molecule is CC[N+]1=C(C)C(C)(C)c2cc(-c3ccc4c5c(cccc35)CC4)ccc21.F[B-](F)(F)F. The molecule has 5 rings (SSSR count). The summed E-state index contributed by atoms with van der Waals surface area (Å²) < 4.78 is 41.5. The van der Waals surface area contributed by atoms with Crippen LogP contribution in [0, 0.1) is 0 Å². The summed E-state index contributed by atoms with van der Waals surface area (Å²) in [7, 11) is -6.00. The second-order valence-corrected chi connectivity index (χ2v) is 8.79. The summed E-state index contributed by atoms with van der Waals surface area (Å²) in [5.74, 6) is 0. The van der Waals surface area contributed by atoms with E-state index in [1.165, 1.54) is 62.8 Å². The van der Waals surface area contributed by atoms with Gasteiger partial charge in [0.05, 0.1) is 5.41 Å². The third kappa shape index (κ3) is 3.77. The maximum atomic E-state index is 9.75. The molecular weight excluding hydrogens is 401 g/mol. The second kappa shape index (κ2) is 7.50. The number of halogens is 4. The summed E-state index contributed by atoms with van der Waals surface area (Å²) >= 11 is 0. The molecule has 0 saturated carbocycles. The van der Waals surface area contributed by atoms with Crippen LogP contribution in [0.15, 0.2) is 48.5 Å². The van der Waals surface area contributed by atoms with Crippen molar-refractivity contribution < 1.29 is 21.8 Å². The molecule has 6 heteroatoms. The van der Waals surface area contributed by atoms with Crippen LogP contribution in [0.25, 0.3) is 21.9 Å². The molecule has 0 spiro atoms. The molecule has 1 aliphatic carbocycles. The van der Waals surface area contributed by atoms with E-state index in [0.29, 0.717) is 0 Å². The van der Waals surface area contributed by atoms with Crippen molar-refractivity contribution in [3.8, 4) is 11.1 Å². The van der Waals surface area contributed by atoms with Crippen LogP contribution < -0.4 is 0 Å². The van der Waals surface area contributed by atoms with E-state index in [0.717, 1.165) is 6.54 Å². The lowest BCUT2D eigenvalue weighted by Crippen LogP contribution is -2.26. The Hall–Kier alpha value is -2.63. The van der Waals surface area contributed by atoms with E-state index in [-0.39, 0.29) is 5.41 Å². The zero-order chi connectivity index (χ0) is 22.6. The van der Waals surface area contributed by atoms with Gasteiger partial charge in [0, 0.05) is 18.6 Å². The summed E-state index contributed by atoms with van der Waals surface area (Å²) in [6.07, 6.45) is 2.37. The predicted octanol–water partition coefficient (Wildman–Crippen LogP) is 7.32. The quantitative estimate of drug-likeness (QED) is 0.229. The minimum absolute atomic E-state index is 0.0935. The van der Waals surface area contributed by atoms with Gasteiger partial charge >= 0.3 is 7.25 Å². The van der Waals surface area contributed by atoms with Crippen molar-refractivity contribution in [2.45, 2.75) is 46.0 Å². The van der Waals surface area contributed by atoms with E-state index in [1.54, 1.807) is 0 Å². The Morgan fingerprint density at radius 1 is 0.935 bits per heavy atom. The van der Waals surface area contributed by atoms with Crippen LogP contribution in [0.2, 0.25) is 0 Å². The minimum Gasteiger partial charge on any atom is -0.418 e. The zero-order valence-electron chi connectivity index (χ0n) is 18.3. The standard InChI is InChI=1S/C25H26N.BF4/c1-5-26-16(2)25(3,4)22-15-19(12-14-23(22)26)20-13-11-18-10-9-17-7-6-8-21(20)24(17)18;2-1(3,4)5/h6-8,11-15H,5,9-10H2,1-4H3;/q+1;-1. The van der Waals surface area contributed by atoms with Gasteiger partial charge in [-0.05, 0) is 78.8 Å². The van der Waals surface area contributed by atoms with E-state index >= 15 is 0 Å². The monoisotopic (exact) mass is 427 g/mol. The summed E-state index contributed by atoms with van der Waals surface area (Å²) in [6.45, 7) is 10.3. The highest BCUT2D eigenvalue weighted by Gasteiger charge is 2.42. The maximum absolute atomic E-state index is 9.75. The van der Waals surface area contributed by atoms with Gasteiger partial charge < -0.3 is 17.3 Å². The maximum Gasteiger partial charge on any atom is 0.673 e. The Labute approximate surface area is 180 Å². The highest BCUT2D eigenvalue weighted by atomic mass is 19.5. The van der Waals surface area contributed by atoms with Crippen molar-refractivity contribution in [2.24, 2.45) is 0 Å². The summed E-state index contributed by atoms with van der Waals surface area (Å²) in [6, 6.07) is 18.6. The number of hydrogen-bond acceptors (Lipinski definition) is 0. The second-order valence-electron chi connectivity index (χ2n) is 8.79. The van der Waals surface area contributed by atoms with Crippen molar-refractivity contribution in [1.29, 1.82) is 0 Å². The van der Waals surface area contributed by atoms with Gasteiger partial charge in [-0.2, -0.15) is 4.58 Å². The molecule has 31 heavy (non-hydrogen) atoms. The van der Waals surface area contributed by atoms with E-state index < -0.39 is 7.25 Å². The van der Waals surface area contributed by atoms with Gasteiger partial charge in [0.2, 0.25) is 5.69 Å². The van der Waals surface area contributed by atoms with Gasteiger partial charge in [-0.25, -0.2) is 0 Å². The molecular formula is C25H26BF4N. The van der Waals surface area contributed by atoms with Crippen LogP contribution in [-0.4, -0.2) is 24.1 Å². The Balaban J connectivity index is 0.000000418. The molecule has 0 fully saturated rings. The minimum atomic E-state index is -6.00. The molecule has 0 radical (unpaired) electrons. The molecule has 2 aliphatic rings. The molecule has 0 amide bonds. The largest absolute Gasteiger partial charge is 0.673 e. The van der Waals surface area contributed by atoms with Crippen LogP contribution >= 0.6 is 0 Å². The highest BCUT2D eigenvalue weighted by Crippen LogP contribution is 2.43.